The van der Waals surface area contributed by atoms with Gasteiger partial charge in [-0.2, -0.15) is 11.8 Å². The van der Waals surface area contributed by atoms with Crippen molar-refractivity contribution in [1.29, 1.82) is 0 Å². The van der Waals surface area contributed by atoms with Crippen molar-refractivity contribution >= 4 is 17.5 Å². The minimum absolute atomic E-state index is 0.0426. The van der Waals surface area contributed by atoms with Crippen LogP contribution in [0.5, 0.6) is 0 Å². The van der Waals surface area contributed by atoms with E-state index in [0.717, 1.165) is 36.3 Å². The highest BCUT2D eigenvalue weighted by molar-refractivity contribution is 7.99. The van der Waals surface area contributed by atoms with Crippen molar-refractivity contribution in [3.63, 3.8) is 0 Å². The Morgan fingerprint density at radius 3 is 2.90 bits per heavy atom. The zero-order valence-corrected chi connectivity index (χ0v) is 13.1. The van der Waals surface area contributed by atoms with Crippen molar-refractivity contribution in [2.45, 2.75) is 30.8 Å². The summed E-state index contributed by atoms with van der Waals surface area (Å²) in [5.74, 6) is 2.44. The summed E-state index contributed by atoms with van der Waals surface area (Å²) >= 11 is 1.94. The van der Waals surface area contributed by atoms with Crippen molar-refractivity contribution in [3.05, 3.63) is 35.9 Å². The fourth-order valence-corrected chi connectivity index (χ4v) is 4.90. The predicted molar refractivity (Wildman–Crippen MR) is 86.6 cm³/mol. The molecule has 1 aromatic rings. The number of Topliss-reactive ketones (excluding diaryl/α,β-unsaturated/α-hetero) is 1. The Kier molecular flexibility index (Phi) is 4.67. The number of benzene rings is 1. The number of nitrogens with two attached hydrogens (primary N) is 1. The summed E-state index contributed by atoms with van der Waals surface area (Å²) in [5, 5.41) is 0. The number of carbonyl (C=O) groups is 1. The first-order valence-electron chi connectivity index (χ1n) is 7.74. The van der Waals surface area contributed by atoms with Gasteiger partial charge in [0.05, 0.1) is 11.5 Å². The molecule has 2 aliphatic heterocycles. The highest BCUT2D eigenvalue weighted by Gasteiger charge is 2.43. The first-order chi connectivity index (χ1) is 10.2. The summed E-state index contributed by atoms with van der Waals surface area (Å²) in [4.78, 5) is 12.9. The van der Waals surface area contributed by atoms with E-state index in [1.165, 1.54) is 0 Å². The maximum Gasteiger partial charge on any atom is 0.144 e. The largest absolute Gasteiger partial charge is 0.374 e. The summed E-state index contributed by atoms with van der Waals surface area (Å²) in [6, 6.07) is 9.95. The van der Waals surface area contributed by atoms with Crippen molar-refractivity contribution in [2.75, 3.05) is 24.7 Å². The zero-order chi connectivity index (χ0) is 14.7. The van der Waals surface area contributed by atoms with Crippen LogP contribution in [0.25, 0.3) is 0 Å². The van der Waals surface area contributed by atoms with Gasteiger partial charge in [0.2, 0.25) is 0 Å². The van der Waals surface area contributed by atoms with Gasteiger partial charge >= 0.3 is 0 Å². The molecular formula is C17H23NO2S. The normalized spacial score (nSPS) is 30.4. The Bertz CT molecular complexity index is 485. The van der Waals surface area contributed by atoms with E-state index in [2.05, 4.69) is 0 Å². The van der Waals surface area contributed by atoms with Gasteiger partial charge in [0.25, 0.3) is 0 Å². The van der Waals surface area contributed by atoms with E-state index in [1.807, 2.05) is 42.1 Å². The fraction of sp³-hybridized carbons (Fsp3) is 0.588. The van der Waals surface area contributed by atoms with Crippen molar-refractivity contribution in [2.24, 2.45) is 11.7 Å². The van der Waals surface area contributed by atoms with Gasteiger partial charge in [-0.1, -0.05) is 30.3 Å². The molecule has 3 atom stereocenters. The first kappa shape index (κ1) is 15.1. The lowest BCUT2D eigenvalue weighted by Crippen LogP contribution is -2.43. The second kappa shape index (κ2) is 6.51. The number of carbonyl (C=O) groups excluding carboxylic acids is 1. The number of ketones is 1. The fourth-order valence-electron chi connectivity index (χ4n) is 3.52. The van der Waals surface area contributed by atoms with Crippen molar-refractivity contribution in [1.82, 2.24) is 0 Å². The lowest BCUT2D eigenvalue weighted by atomic mass is 9.78. The summed E-state index contributed by atoms with van der Waals surface area (Å²) in [5.41, 5.74) is 6.91. The Labute approximate surface area is 130 Å². The molecule has 2 N–H and O–H groups in total. The Hall–Kier alpha value is -0.840. The van der Waals surface area contributed by atoms with Crippen molar-refractivity contribution < 1.29 is 9.53 Å². The molecule has 3 nitrogen and oxygen atoms in total. The number of thioether (sulfide) groups is 1. The molecule has 2 aliphatic rings. The van der Waals surface area contributed by atoms with E-state index < -0.39 is 0 Å². The standard InChI is InChI=1S/C17H23NO2S/c18-11-15(13-4-2-1-3-5-13)16(19)14-6-8-20-17(10-14)7-9-21-12-17/h1-5,14-15H,6-12,18H2. The number of hydrogen-bond donors (Lipinski definition) is 1. The van der Waals surface area contributed by atoms with Crippen LogP contribution in [0.2, 0.25) is 0 Å². The molecular weight excluding hydrogens is 282 g/mol. The molecule has 0 amide bonds. The van der Waals surface area contributed by atoms with Crippen LogP contribution in [0.3, 0.4) is 0 Å². The molecule has 2 saturated heterocycles. The molecule has 3 rings (SSSR count). The van der Waals surface area contributed by atoms with Crippen LogP contribution < -0.4 is 5.73 Å². The molecule has 114 valence electrons. The molecule has 0 aromatic heterocycles. The maximum atomic E-state index is 12.9. The van der Waals surface area contributed by atoms with E-state index in [-0.39, 0.29) is 17.4 Å². The Morgan fingerprint density at radius 2 is 2.24 bits per heavy atom. The minimum atomic E-state index is -0.166. The molecule has 2 heterocycles. The smallest absolute Gasteiger partial charge is 0.144 e. The van der Waals surface area contributed by atoms with Gasteiger partial charge in [-0.15, -0.1) is 0 Å². The number of ether oxygens (including phenoxy) is 1. The molecule has 21 heavy (non-hydrogen) atoms. The highest BCUT2D eigenvalue weighted by Crippen LogP contribution is 2.41. The monoisotopic (exact) mass is 305 g/mol. The van der Waals surface area contributed by atoms with Gasteiger partial charge in [0.1, 0.15) is 5.78 Å². The lowest BCUT2D eigenvalue weighted by molar-refractivity contribution is -0.135. The van der Waals surface area contributed by atoms with Crippen LogP contribution in [0.4, 0.5) is 0 Å². The zero-order valence-electron chi connectivity index (χ0n) is 12.3. The SMILES string of the molecule is NCC(C(=O)C1CCOC2(CCSC2)C1)c1ccccc1. The van der Waals surface area contributed by atoms with E-state index in [9.17, 15) is 4.79 Å². The second-order valence-corrected chi connectivity index (χ2v) is 7.23. The molecule has 0 aliphatic carbocycles. The van der Waals surface area contributed by atoms with E-state index in [4.69, 9.17) is 10.5 Å². The molecule has 1 aromatic carbocycles. The molecule has 0 saturated carbocycles. The van der Waals surface area contributed by atoms with Crippen LogP contribution >= 0.6 is 11.8 Å². The molecule has 2 fully saturated rings. The third-order valence-corrected chi connectivity index (χ3v) is 5.97. The van der Waals surface area contributed by atoms with E-state index in [1.54, 1.807) is 0 Å². The van der Waals surface area contributed by atoms with Gasteiger partial charge in [-0.05, 0) is 30.6 Å². The van der Waals surface area contributed by atoms with Crippen LogP contribution in [0.15, 0.2) is 30.3 Å². The van der Waals surface area contributed by atoms with Gasteiger partial charge in [0.15, 0.2) is 0 Å². The molecule has 3 unspecified atom stereocenters. The minimum Gasteiger partial charge on any atom is -0.374 e. The summed E-state index contributed by atoms with van der Waals surface area (Å²) in [7, 11) is 0. The van der Waals surface area contributed by atoms with Gasteiger partial charge in [0, 0.05) is 24.8 Å². The van der Waals surface area contributed by atoms with Gasteiger partial charge in [-0.3, -0.25) is 4.79 Å². The first-order valence-corrected chi connectivity index (χ1v) is 8.90. The summed E-state index contributed by atoms with van der Waals surface area (Å²) < 4.78 is 6.02. The van der Waals surface area contributed by atoms with E-state index in [0.29, 0.717) is 18.9 Å². The Balaban J connectivity index is 1.74. The average Bonchev–Trinajstić information content (AvgIpc) is 2.97. The van der Waals surface area contributed by atoms with Gasteiger partial charge in [-0.25, -0.2) is 0 Å². The van der Waals surface area contributed by atoms with Crippen LogP contribution in [-0.4, -0.2) is 36.0 Å². The predicted octanol–water partition coefficient (Wildman–Crippen LogP) is 2.60. The second-order valence-electron chi connectivity index (χ2n) is 6.13. The topological polar surface area (TPSA) is 52.3 Å². The van der Waals surface area contributed by atoms with Crippen LogP contribution in [0.1, 0.15) is 30.7 Å². The van der Waals surface area contributed by atoms with Crippen LogP contribution in [0, 0.1) is 5.92 Å². The van der Waals surface area contributed by atoms with Gasteiger partial charge < -0.3 is 10.5 Å². The summed E-state index contributed by atoms with van der Waals surface area (Å²) in [6.07, 6.45) is 2.80. The lowest BCUT2D eigenvalue weighted by Gasteiger charge is -2.38. The highest BCUT2D eigenvalue weighted by atomic mass is 32.2. The molecule has 0 bridgehead atoms. The molecule has 4 heteroatoms. The third-order valence-electron chi connectivity index (χ3n) is 4.74. The Morgan fingerprint density at radius 1 is 1.43 bits per heavy atom. The van der Waals surface area contributed by atoms with Crippen LogP contribution in [-0.2, 0) is 9.53 Å². The van der Waals surface area contributed by atoms with E-state index >= 15 is 0 Å². The third kappa shape index (κ3) is 3.17. The summed E-state index contributed by atoms with van der Waals surface area (Å²) in [6.45, 7) is 1.10. The number of hydrogen-bond acceptors (Lipinski definition) is 4. The maximum absolute atomic E-state index is 12.9. The average molecular weight is 305 g/mol. The van der Waals surface area contributed by atoms with Crippen molar-refractivity contribution in [3.8, 4) is 0 Å². The quantitative estimate of drug-likeness (QED) is 0.929. The molecule has 1 spiro atoms. The molecule has 0 radical (unpaired) electrons. The number of rotatable bonds is 4.